The van der Waals surface area contributed by atoms with Crippen molar-refractivity contribution in [2.45, 2.75) is 39.7 Å². The molecule has 0 N–H and O–H groups in total. The maximum absolute atomic E-state index is 13.1. The first-order valence-electron chi connectivity index (χ1n) is 10.6. The van der Waals surface area contributed by atoms with Crippen LogP contribution >= 0.6 is 15.9 Å². The molecule has 0 fully saturated rings. The Labute approximate surface area is 201 Å². The Morgan fingerprint density at radius 3 is 2.55 bits per heavy atom. The highest BCUT2D eigenvalue weighted by Crippen LogP contribution is 2.35. The summed E-state index contributed by atoms with van der Waals surface area (Å²) in [6.45, 7) is 3.76. The Morgan fingerprint density at radius 1 is 1.21 bits per heavy atom. The van der Waals surface area contributed by atoms with Crippen LogP contribution in [0.25, 0.3) is 11.1 Å². The van der Waals surface area contributed by atoms with Crippen molar-refractivity contribution in [3.8, 4) is 17.2 Å². The van der Waals surface area contributed by atoms with Gasteiger partial charge in [-0.3, -0.25) is 19.8 Å². The first kappa shape index (κ1) is 24.1. The minimum atomic E-state index is -0.496. The second-order valence-corrected chi connectivity index (χ2v) is 8.45. The Kier molecular flexibility index (Phi) is 7.91. The van der Waals surface area contributed by atoms with E-state index in [-0.39, 0.29) is 30.4 Å². The number of nitrogens with zero attached hydrogens (tertiary/aromatic N) is 4. The second-order valence-electron chi connectivity index (χ2n) is 7.60. The lowest BCUT2D eigenvalue weighted by molar-refractivity contribution is -0.384. The summed E-state index contributed by atoms with van der Waals surface area (Å²) in [4.78, 5) is 30.0. The van der Waals surface area contributed by atoms with E-state index in [4.69, 9.17) is 0 Å². The van der Waals surface area contributed by atoms with Gasteiger partial charge in [-0.15, -0.1) is 0 Å². The van der Waals surface area contributed by atoms with E-state index in [1.54, 1.807) is 13.0 Å². The molecule has 0 unspecified atom stereocenters. The fourth-order valence-electron chi connectivity index (χ4n) is 3.52. The molecule has 3 rings (SSSR count). The van der Waals surface area contributed by atoms with Gasteiger partial charge in [0.2, 0.25) is 11.7 Å². The van der Waals surface area contributed by atoms with E-state index < -0.39 is 4.92 Å². The van der Waals surface area contributed by atoms with E-state index in [2.05, 4.69) is 27.0 Å². The molecule has 0 saturated carbocycles. The van der Waals surface area contributed by atoms with Gasteiger partial charge in [0.05, 0.1) is 23.1 Å². The van der Waals surface area contributed by atoms with Crippen LogP contribution in [0.4, 0.5) is 11.5 Å². The largest absolute Gasteiger partial charge is 0.316 e. The molecule has 0 aliphatic rings. The molecule has 1 aromatic heterocycles. The summed E-state index contributed by atoms with van der Waals surface area (Å²) < 4.78 is 0.513. The number of nitro groups is 1. The third-order valence-corrected chi connectivity index (χ3v) is 6.16. The van der Waals surface area contributed by atoms with Crippen molar-refractivity contribution in [3.05, 3.63) is 86.0 Å². The highest BCUT2D eigenvalue weighted by Gasteiger charge is 2.29. The molecule has 0 bridgehead atoms. The number of hydrogen-bond donors (Lipinski definition) is 0. The summed E-state index contributed by atoms with van der Waals surface area (Å²) in [7, 11) is 0. The molecule has 168 valence electrons. The van der Waals surface area contributed by atoms with Gasteiger partial charge in [-0.2, -0.15) is 5.26 Å². The van der Waals surface area contributed by atoms with E-state index in [1.165, 1.54) is 11.1 Å². The van der Waals surface area contributed by atoms with Gasteiger partial charge in [0, 0.05) is 22.7 Å². The van der Waals surface area contributed by atoms with E-state index >= 15 is 0 Å². The van der Waals surface area contributed by atoms with Gasteiger partial charge in [0.25, 0.3) is 0 Å². The van der Waals surface area contributed by atoms with Crippen molar-refractivity contribution in [2.24, 2.45) is 0 Å². The first-order chi connectivity index (χ1) is 15.9. The number of unbranched alkanes of at least 4 members (excludes halogenated alkanes) is 1. The monoisotopic (exact) mass is 506 g/mol. The average Bonchev–Trinajstić information content (AvgIpc) is 2.82. The number of halogens is 1. The molecule has 0 spiro atoms. The molecule has 0 atom stereocenters. The zero-order chi connectivity index (χ0) is 24.0. The van der Waals surface area contributed by atoms with Crippen molar-refractivity contribution in [3.63, 3.8) is 0 Å². The van der Waals surface area contributed by atoms with Gasteiger partial charge in [-0.05, 0) is 52.0 Å². The summed E-state index contributed by atoms with van der Waals surface area (Å²) in [5, 5.41) is 21.2. The zero-order valence-corrected chi connectivity index (χ0v) is 20.0. The number of pyridine rings is 1. The second kappa shape index (κ2) is 10.8. The van der Waals surface area contributed by atoms with Crippen LogP contribution in [0.5, 0.6) is 0 Å². The Bertz CT molecular complexity index is 1220. The Morgan fingerprint density at radius 2 is 1.91 bits per heavy atom. The topological polar surface area (TPSA) is 100 Å². The quantitative estimate of drug-likeness (QED) is 0.262. The van der Waals surface area contributed by atoms with Crippen LogP contribution in [-0.4, -0.2) is 15.8 Å². The minimum absolute atomic E-state index is 0.0423. The van der Waals surface area contributed by atoms with E-state index in [0.29, 0.717) is 22.0 Å². The normalized spacial score (nSPS) is 10.5. The lowest BCUT2D eigenvalue weighted by atomic mass is 9.99. The summed E-state index contributed by atoms with van der Waals surface area (Å²) in [6, 6.07) is 17.0. The fourth-order valence-corrected chi connectivity index (χ4v) is 3.81. The Balaban J connectivity index is 1.99. The third-order valence-electron chi connectivity index (χ3n) is 5.36. The van der Waals surface area contributed by atoms with Crippen LogP contribution < -0.4 is 4.90 Å². The molecule has 0 radical (unpaired) electrons. The number of nitriles is 1. The summed E-state index contributed by atoms with van der Waals surface area (Å²) in [5.41, 5.74) is 3.31. The molecular weight excluding hydrogens is 484 g/mol. The van der Waals surface area contributed by atoms with Crippen LogP contribution in [0.3, 0.4) is 0 Å². The van der Waals surface area contributed by atoms with Crippen molar-refractivity contribution in [1.82, 2.24) is 4.98 Å². The summed E-state index contributed by atoms with van der Waals surface area (Å²) in [5.74, 6) is -0.172. The number of amides is 1. The van der Waals surface area contributed by atoms with Gasteiger partial charge in [0.1, 0.15) is 0 Å². The average molecular weight is 507 g/mol. The predicted molar refractivity (Wildman–Crippen MR) is 131 cm³/mol. The first-order valence-corrected chi connectivity index (χ1v) is 11.3. The van der Waals surface area contributed by atoms with E-state index in [9.17, 15) is 20.2 Å². The minimum Gasteiger partial charge on any atom is -0.287 e. The van der Waals surface area contributed by atoms with Gasteiger partial charge < -0.3 is 0 Å². The van der Waals surface area contributed by atoms with Gasteiger partial charge in [-0.1, -0.05) is 55.8 Å². The maximum atomic E-state index is 13.1. The molecule has 33 heavy (non-hydrogen) atoms. The highest BCUT2D eigenvalue weighted by atomic mass is 79.9. The standard InChI is InChI=1S/C25H23BrN4O3/c1-3-4-9-23(31)29(25-24(30(32)33)17(2)22(26)15-28-25)16-18-10-12-19(13-11-18)21-8-6-5-7-20(21)14-27/h5-8,10-13,15H,3-4,9,16H2,1-2H3. The number of carbonyl (C=O) groups excluding carboxylic acids is 1. The number of aromatic nitrogens is 1. The van der Waals surface area contributed by atoms with Crippen molar-refractivity contribution in [1.29, 1.82) is 5.26 Å². The SMILES string of the molecule is CCCCC(=O)N(Cc1ccc(-c2ccccc2C#N)cc1)c1ncc(Br)c(C)c1[N+](=O)[O-]. The molecule has 2 aromatic carbocycles. The van der Waals surface area contributed by atoms with Gasteiger partial charge in [-0.25, -0.2) is 4.98 Å². The van der Waals surface area contributed by atoms with Crippen molar-refractivity contribution >= 4 is 33.3 Å². The fraction of sp³-hybridized carbons (Fsp3) is 0.240. The highest BCUT2D eigenvalue weighted by molar-refractivity contribution is 9.10. The van der Waals surface area contributed by atoms with Crippen molar-refractivity contribution < 1.29 is 9.72 Å². The van der Waals surface area contributed by atoms with Crippen LogP contribution in [0, 0.1) is 28.4 Å². The van der Waals surface area contributed by atoms with Gasteiger partial charge in [0.15, 0.2) is 0 Å². The van der Waals surface area contributed by atoms with Crippen LogP contribution in [0.15, 0.2) is 59.2 Å². The molecule has 8 heteroatoms. The van der Waals surface area contributed by atoms with Crippen LogP contribution in [-0.2, 0) is 11.3 Å². The lowest BCUT2D eigenvalue weighted by Crippen LogP contribution is -2.31. The van der Waals surface area contributed by atoms with E-state index in [0.717, 1.165) is 23.1 Å². The van der Waals surface area contributed by atoms with E-state index in [1.807, 2.05) is 49.4 Å². The number of anilines is 1. The molecule has 0 saturated heterocycles. The zero-order valence-electron chi connectivity index (χ0n) is 18.4. The number of hydrogen-bond acceptors (Lipinski definition) is 5. The number of carbonyl (C=O) groups is 1. The van der Waals surface area contributed by atoms with Crippen LogP contribution in [0.2, 0.25) is 0 Å². The molecule has 1 heterocycles. The Hall–Kier alpha value is -3.57. The maximum Gasteiger partial charge on any atom is 0.316 e. The van der Waals surface area contributed by atoms with Crippen molar-refractivity contribution in [2.75, 3.05) is 4.90 Å². The predicted octanol–water partition coefficient (Wildman–Crippen LogP) is 6.32. The molecule has 0 aliphatic carbocycles. The van der Waals surface area contributed by atoms with Crippen LogP contribution in [0.1, 0.15) is 42.9 Å². The molecule has 0 aliphatic heterocycles. The number of rotatable bonds is 8. The smallest absolute Gasteiger partial charge is 0.287 e. The summed E-state index contributed by atoms with van der Waals surface area (Å²) >= 11 is 3.29. The number of benzene rings is 2. The van der Waals surface area contributed by atoms with Gasteiger partial charge >= 0.3 is 5.69 Å². The molecule has 7 nitrogen and oxygen atoms in total. The summed E-state index contributed by atoms with van der Waals surface area (Å²) in [6.07, 6.45) is 3.28. The molecule has 1 amide bonds. The lowest BCUT2D eigenvalue weighted by Gasteiger charge is -2.23. The molecular formula is C25H23BrN4O3. The molecule has 3 aromatic rings. The third kappa shape index (κ3) is 5.44.